The molecule has 1 fully saturated rings. The van der Waals surface area contributed by atoms with Crippen LogP contribution in [0.2, 0.25) is 0 Å². The molecular formula is C21H20N6O2. The van der Waals surface area contributed by atoms with E-state index in [2.05, 4.69) is 15.0 Å². The number of aliphatic hydroxyl groups excluding tert-OH is 1. The third-order valence-electron chi connectivity index (χ3n) is 5.33. The van der Waals surface area contributed by atoms with Crippen molar-refractivity contribution in [3.05, 3.63) is 48.0 Å². The number of fused-ring (bicyclic) bond motifs is 3. The maximum absolute atomic E-state index is 11.9. The smallest absolute Gasteiger partial charge is 0.223 e. The Morgan fingerprint density at radius 3 is 2.76 bits per heavy atom. The Labute approximate surface area is 166 Å². The summed E-state index contributed by atoms with van der Waals surface area (Å²) in [5, 5.41) is 10.1. The van der Waals surface area contributed by atoms with E-state index in [1.807, 2.05) is 29.2 Å². The van der Waals surface area contributed by atoms with Crippen LogP contribution in [0.5, 0.6) is 0 Å². The van der Waals surface area contributed by atoms with Crippen LogP contribution < -0.4 is 5.73 Å². The number of carbonyl (C=O) groups is 1. The highest BCUT2D eigenvalue weighted by molar-refractivity contribution is 6.07. The van der Waals surface area contributed by atoms with Crippen LogP contribution in [-0.4, -0.2) is 42.4 Å². The number of aromatic nitrogens is 4. The molecule has 1 aliphatic heterocycles. The molecule has 4 heterocycles. The number of carbonyl (C=O) groups excluding carboxylic acids is 1. The number of imidazole rings is 1. The predicted octanol–water partition coefficient (Wildman–Crippen LogP) is 2.37. The maximum Gasteiger partial charge on any atom is 0.223 e. The second-order valence-electron chi connectivity index (χ2n) is 7.25. The van der Waals surface area contributed by atoms with E-state index in [0.29, 0.717) is 35.8 Å². The van der Waals surface area contributed by atoms with Crippen LogP contribution in [0, 0.1) is 0 Å². The molecule has 0 bridgehead atoms. The summed E-state index contributed by atoms with van der Waals surface area (Å²) in [6, 6.07) is 9.64. The lowest BCUT2D eigenvalue weighted by Gasteiger charge is -2.12. The standard InChI is InChI=1S/C21H20N6O2/c22-21-20-19(25-17(26-20)10-27-7-1-2-18(27)29)15-6-4-12(8-16(15)24-21)13-3-5-14(11-28)23-9-13/h3-6,8-9,28H,1-2,7,10-11H2,(H2,22,24)(H,25,26). The number of hydrogen-bond acceptors (Lipinski definition) is 6. The number of amides is 1. The molecule has 0 spiro atoms. The molecule has 3 aromatic heterocycles. The highest BCUT2D eigenvalue weighted by atomic mass is 16.3. The number of aliphatic hydroxyl groups is 1. The van der Waals surface area contributed by atoms with E-state index < -0.39 is 0 Å². The van der Waals surface area contributed by atoms with Gasteiger partial charge < -0.3 is 20.7 Å². The molecule has 8 nitrogen and oxygen atoms in total. The summed E-state index contributed by atoms with van der Waals surface area (Å²) in [5.74, 6) is 1.25. The van der Waals surface area contributed by atoms with Crippen LogP contribution in [0.15, 0.2) is 36.5 Å². The summed E-state index contributed by atoms with van der Waals surface area (Å²) >= 11 is 0. The molecule has 1 amide bonds. The number of anilines is 1. The fourth-order valence-corrected chi connectivity index (χ4v) is 3.81. The minimum atomic E-state index is -0.0847. The van der Waals surface area contributed by atoms with E-state index in [9.17, 15) is 4.79 Å². The van der Waals surface area contributed by atoms with Crippen LogP contribution in [0.1, 0.15) is 24.4 Å². The molecule has 1 aromatic carbocycles. The number of likely N-dealkylation sites (tertiary alicyclic amines) is 1. The maximum atomic E-state index is 11.9. The molecule has 0 unspecified atom stereocenters. The number of nitrogens with two attached hydrogens (primary N) is 1. The minimum absolute atomic E-state index is 0.0847. The lowest BCUT2D eigenvalue weighted by Crippen LogP contribution is -2.24. The summed E-state index contributed by atoms with van der Waals surface area (Å²) in [7, 11) is 0. The summed E-state index contributed by atoms with van der Waals surface area (Å²) in [4.78, 5) is 30.5. The van der Waals surface area contributed by atoms with E-state index >= 15 is 0 Å². The number of nitrogens with zero attached hydrogens (tertiary/aromatic N) is 4. The van der Waals surface area contributed by atoms with Crippen LogP contribution in [-0.2, 0) is 17.9 Å². The molecule has 146 valence electrons. The number of benzene rings is 1. The van der Waals surface area contributed by atoms with Gasteiger partial charge in [0.2, 0.25) is 5.91 Å². The van der Waals surface area contributed by atoms with E-state index in [-0.39, 0.29) is 12.5 Å². The monoisotopic (exact) mass is 388 g/mol. The number of hydrogen-bond donors (Lipinski definition) is 3. The molecule has 0 radical (unpaired) electrons. The lowest BCUT2D eigenvalue weighted by atomic mass is 10.0. The Hall–Kier alpha value is -3.52. The molecule has 1 aliphatic rings. The van der Waals surface area contributed by atoms with Crippen molar-refractivity contribution in [2.24, 2.45) is 0 Å². The molecule has 5 rings (SSSR count). The van der Waals surface area contributed by atoms with E-state index in [1.54, 1.807) is 12.3 Å². The highest BCUT2D eigenvalue weighted by Crippen LogP contribution is 2.30. The zero-order valence-corrected chi connectivity index (χ0v) is 15.7. The molecular weight excluding hydrogens is 368 g/mol. The summed E-state index contributed by atoms with van der Waals surface area (Å²) in [6.45, 7) is 1.13. The SMILES string of the molecule is Nc1nc2cc(-c3ccc(CO)nc3)ccc2c2nc(CN3CCCC3=O)[nH]c12. The van der Waals surface area contributed by atoms with Gasteiger partial charge in [-0.1, -0.05) is 12.1 Å². The van der Waals surface area contributed by atoms with E-state index in [1.165, 1.54) is 0 Å². The Morgan fingerprint density at radius 2 is 2.03 bits per heavy atom. The quantitative estimate of drug-likeness (QED) is 0.493. The van der Waals surface area contributed by atoms with Gasteiger partial charge in [0.25, 0.3) is 0 Å². The first-order valence-corrected chi connectivity index (χ1v) is 9.54. The van der Waals surface area contributed by atoms with Gasteiger partial charge >= 0.3 is 0 Å². The Morgan fingerprint density at radius 1 is 1.17 bits per heavy atom. The van der Waals surface area contributed by atoms with E-state index in [0.717, 1.165) is 40.5 Å². The number of nitrogens with one attached hydrogen (secondary N) is 1. The van der Waals surface area contributed by atoms with Gasteiger partial charge in [-0.15, -0.1) is 0 Å². The van der Waals surface area contributed by atoms with Crippen molar-refractivity contribution in [2.45, 2.75) is 26.0 Å². The molecule has 29 heavy (non-hydrogen) atoms. The van der Waals surface area contributed by atoms with Crippen molar-refractivity contribution >= 4 is 33.7 Å². The largest absolute Gasteiger partial charge is 0.390 e. The molecule has 4 N–H and O–H groups in total. The van der Waals surface area contributed by atoms with Crippen LogP contribution in [0.25, 0.3) is 33.1 Å². The lowest BCUT2D eigenvalue weighted by molar-refractivity contribution is -0.128. The van der Waals surface area contributed by atoms with Crippen molar-refractivity contribution in [1.82, 2.24) is 24.8 Å². The number of pyridine rings is 2. The Bertz CT molecular complexity index is 1230. The van der Waals surface area contributed by atoms with Crippen molar-refractivity contribution in [1.29, 1.82) is 0 Å². The van der Waals surface area contributed by atoms with Crippen LogP contribution >= 0.6 is 0 Å². The number of H-pyrrole nitrogens is 1. The number of aromatic amines is 1. The first-order chi connectivity index (χ1) is 14.1. The second kappa shape index (κ2) is 6.82. The molecule has 4 aromatic rings. The topological polar surface area (TPSA) is 121 Å². The highest BCUT2D eigenvalue weighted by Gasteiger charge is 2.22. The average molecular weight is 388 g/mol. The fraction of sp³-hybridized carbons (Fsp3) is 0.238. The van der Waals surface area contributed by atoms with Gasteiger partial charge in [-0.2, -0.15) is 0 Å². The van der Waals surface area contributed by atoms with Crippen molar-refractivity contribution in [2.75, 3.05) is 12.3 Å². The molecule has 0 saturated carbocycles. The Kier molecular flexibility index (Phi) is 4.13. The summed E-state index contributed by atoms with van der Waals surface area (Å²) in [5.41, 5.74) is 10.9. The zero-order valence-electron chi connectivity index (χ0n) is 15.7. The predicted molar refractivity (Wildman–Crippen MR) is 110 cm³/mol. The van der Waals surface area contributed by atoms with Crippen LogP contribution in [0.4, 0.5) is 5.82 Å². The minimum Gasteiger partial charge on any atom is -0.390 e. The van der Waals surface area contributed by atoms with Gasteiger partial charge in [-0.05, 0) is 30.2 Å². The summed E-state index contributed by atoms with van der Waals surface area (Å²) < 4.78 is 0. The third-order valence-corrected chi connectivity index (χ3v) is 5.33. The molecule has 1 saturated heterocycles. The number of nitrogen functional groups attached to an aromatic ring is 1. The second-order valence-corrected chi connectivity index (χ2v) is 7.25. The van der Waals surface area contributed by atoms with Gasteiger partial charge in [0, 0.05) is 30.1 Å². The van der Waals surface area contributed by atoms with Crippen LogP contribution in [0.3, 0.4) is 0 Å². The van der Waals surface area contributed by atoms with Crippen molar-refractivity contribution < 1.29 is 9.90 Å². The molecule has 0 atom stereocenters. The average Bonchev–Trinajstić information content (AvgIpc) is 3.35. The molecule has 0 aliphatic carbocycles. The van der Waals surface area contributed by atoms with Crippen molar-refractivity contribution in [3.8, 4) is 11.1 Å². The fourth-order valence-electron chi connectivity index (χ4n) is 3.81. The zero-order chi connectivity index (χ0) is 20.0. The Balaban J connectivity index is 1.56. The first kappa shape index (κ1) is 17.6. The molecule has 8 heteroatoms. The number of rotatable bonds is 4. The van der Waals surface area contributed by atoms with Gasteiger partial charge in [0.15, 0.2) is 0 Å². The third kappa shape index (κ3) is 3.07. The summed E-state index contributed by atoms with van der Waals surface area (Å²) in [6.07, 6.45) is 3.22. The van der Waals surface area contributed by atoms with Gasteiger partial charge in [0.05, 0.1) is 24.4 Å². The van der Waals surface area contributed by atoms with Gasteiger partial charge in [-0.3, -0.25) is 9.78 Å². The van der Waals surface area contributed by atoms with Gasteiger partial charge in [-0.25, -0.2) is 9.97 Å². The first-order valence-electron chi connectivity index (χ1n) is 9.54. The van der Waals surface area contributed by atoms with Crippen molar-refractivity contribution in [3.63, 3.8) is 0 Å². The normalized spacial score (nSPS) is 14.4. The van der Waals surface area contributed by atoms with Gasteiger partial charge in [0.1, 0.15) is 22.7 Å². The van der Waals surface area contributed by atoms with E-state index in [4.69, 9.17) is 15.8 Å².